The fourth-order valence-corrected chi connectivity index (χ4v) is 2.36. The van der Waals surface area contributed by atoms with Crippen LogP contribution in [0.1, 0.15) is 36.0 Å². The molecule has 0 saturated heterocycles. The number of nitrogens with zero attached hydrogens (tertiary/aromatic N) is 2. The summed E-state index contributed by atoms with van der Waals surface area (Å²) in [6, 6.07) is 8.15. The van der Waals surface area contributed by atoms with Crippen LogP contribution in [0.3, 0.4) is 0 Å². The molecule has 0 fully saturated rings. The topological polar surface area (TPSA) is 64.1 Å². The van der Waals surface area contributed by atoms with Crippen LogP contribution >= 0.6 is 0 Å². The zero-order chi connectivity index (χ0) is 14.1. The van der Waals surface area contributed by atoms with Gasteiger partial charge in [0.05, 0.1) is 12.6 Å². The highest BCUT2D eigenvalue weighted by molar-refractivity contribution is 5.82. The molecular weight excluding hydrogens is 254 g/mol. The average molecular weight is 271 g/mol. The number of para-hydroxylation sites is 1. The third-order valence-electron chi connectivity index (χ3n) is 3.41. The van der Waals surface area contributed by atoms with E-state index in [-0.39, 0.29) is 6.04 Å². The van der Waals surface area contributed by atoms with Crippen LogP contribution in [0, 0.1) is 13.8 Å². The summed E-state index contributed by atoms with van der Waals surface area (Å²) in [5.74, 6) is 2.18. The molecular formula is C15H17N3O2. The Bertz CT molecular complexity index is 730. The summed E-state index contributed by atoms with van der Waals surface area (Å²) in [6.07, 6.45) is 0. The number of rotatable bonds is 4. The van der Waals surface area contributed by atoms with Crippen molar-refractivity contribution >= 4 is 11.0 Å². The lowest BCUT2D eigenvalue weighted by Gasteiger charge is -2.10. The van der Waals surface area contributed by atoms with Gasteiger partial charge in [-0.25, -0.2) is 0 Å². The number of hydrogen-bond acceptors (Lipinski definition) is 5. The number of furan rings is 1. The van der Waals surface area contributed by atoms with Gasteiger partial charge in [-0.1, -0.05) is 23.4 Å². The van der Waals surface area contributed by atoms with E-state index in [0.29, 0.717) is 18.3 Å². The molecule has 0 spiro atoms. The van der Waals surface area contributed by atoms with Crippen LogP contribution in [-0.4, -0.2) is 10.1 Å². The third-order valence-corrected chi connectivity index (χ3v) is 3.41. The lowest BCUT2D eigenvalue weighted by atomic mass is 10.1. The summed E-state index contributed by atoms with van der Waals surface area (Å²) in [5, 5.41) is 8.38. The number of hydrogen-bond donors (Lipinski definition) is 1. The van der Waals surface area contributed by atoms with E-state index in [1.54, 1.807) is 6.92 Å². The Hall–Kier alpha value is -2.14. The van der Waals surface area contributed by atoms with Crippen molar-refractivity contribution in [3.63, 3.8) is 0 Å². The first kappa shape index (κ1) is 12.9. The number of nitrogens with one attached hydrogen (secondary N) is 1. The van der Waals surface area contributed by atoms with Crippen molar-refractivity contribution in [2.45, 2.75) is 33.4 Å². The van der Waals surface area contributed by atoms with E-state index >= 15 is 0 Å². The Balaban J connectivity index is 1.78. The smallest absolute Gasteiger partial charge is 0.223 e. The standard InChI is InChI=1S/C15H17N3O2/c1-9-12-6-4-5-7-13(12)19-15(9)10(2)16-8-14-17-11(3)20-18-14/h4-7,10,16H,8H2,1-3H3/t10-/m1/s1. The van der Waals surface area contributed by atoms with Crippen LogP contribution in [0.2, 0.25) is 0 Å². The molecule has 0 aliphatic heterocycles. The minimum absolute atomic E-state index is 0.0845. The van der Waals surface area contributed by atoms with Crippen molar-refractivity contribution in [1.82, 2.24) is 15.5 Å². The molecule has 3 aromatic rings. The Morgan fingerprint density at radius 3 is 2.75 bits per heavy atom. The first-order valence-corrected chi connectivity index (χ1v) is 6.65. The van der Waals surface area contributed by atoms with E-state index in [0.717, 1.165) is 16.7 Å². The molecule has 1 aromatic carbocycles. The molecule has 3 rings (SSSR count). The SMILES string of the molecule is Cc1nc(CN[C@H](C)c2oc3ccccc3c2C)no1. The second-order valence-electron chi connectivity index (χ2n) is 4.92. The lowest BCUT2D eigenvalue weighted by Crippen LogP contribution is -2.19. The fourth-order valence-electron chi connectivity index (χ4n) is 2.36. The first-order valence-electron chi connectivity index (χ1n) is 6.65. The largest absolute Gasteiger partial charge is 0.459 e. The van der Waals surface area contributed by atoms with E-state index in [2.05, 4.69) is 35.4 Å². The second kappa shape index (κ2) is 5.09. The van der Waals surface area contributed by atoms with E-state index in [4.69, 9.17) is 8.94 Å². The van der Waals surface area contributed by atoms with E-state index in [9.17, 15) is 0 Å². The molecule has 0 aliphatic rings. The number of fused-ring (bicyclic) bond motifs is 1. The summed E-state index contributed by atoms with van der Waals surface area (Å²) in [4.78, 5) is 4.17. The average Bonchev–Trinajstić information content (AvgIpc) is 3.01. The Kier molecular flexibility index (Phi) is 3.28. The number of benzene rings is 1. The highest BCUT2D eigenvalue weighted by Crippen LogP contribution is 2.29. The fraction of sp³-hybridized carbons (Fsp3) is 0.333. The van der Waals surface area contributed by atoms with E-state index in [1.165, 1.54) is 5.56 Å². The molecule has 1 N–H and O–H groups in total. The van der Waals surface area contributed by atoms with Crippen molar-refractivity contribution in [2.24, 2.45) is 0 Å². The molecule has 0 radical (unpaired) electrons. The molecule has 20 heavy (non-hydrogen) atoms. The van der Waals surface area contributed by atoms with Crippen LogP contribution in [0.25, 0.3) is 11.0 Å². The molecule has 0 aliphatic carbocycles. The van der Waals surface area contributed by atoms with E-state index in [1.807, 2.05) is 18.2 Å². The van der Waals surface area contributed by atoms with Crippen molar-refractivity contribution in [1.29, 1.82) is 0 Å². The van der Waals surface area contributed by atoms with Crippen LogP contribution in [0.15, 0.2) is 33.2 Å². The molecule has 2 aromatic heterocycles. The number of aromatic nitrogens is 2. The number of aryl methyl sites for hydroxylation is 2. The van der Waals surface area contributed by atoms with Gasteiger partial charge < -0.3 is 14.3 Å². The van der Waals surface area contributed by atoms with E-state index < -0.39 is 0 Å². The molecule has 0 bridgehead atoms. The van der Waals surface area contributed by atoms with Gasteiger partial charge in [0.1, 0.15) is 11.3 Å². The van der Waals surface area contributed by atoms with Gasteiger partial charge in [0.2, 0.25) is 5.89 Å². The van der Waals surface area contributed by atoms with Crippen molar-refractivity contribution in [2.75, 3.05) is 0 Å². The Labute approximate surface area is 117 Å². The summed E-state index contributed by atoms with van der Waals surface area (Å²) in [7, 11) is 0. The van der Waals surface area contributed by atoms with Gasteiger partial charge in [-0.3, -0.25) is 0 Å². The highest BCUT2D eigenvalue weighted by Gasteiger charge is 2.16. The predicted octanol–water partition coefficient (Wildman–Crippen LogP) is 3.28. The minimum atomic E-state index is 0.0845. The molecule has 2 heterocycles. The van der Waals surface area contributed by atoms with Crippen molar-refractivity contribution < 1.29 is 8.94 Å². The van der Waals surface area contributed by atoms with Crippen molar-refractivity contribution in [3.05, 3.63) is 47.3 Å². The van der Waals surface area contributed by atoms with Gasteiger partial charge in [-0.15, -0.1) is 0 Å². The maximum Gasteiger partial charge on any atom is 0.223 e. The molecule has 1 atom stereocenters. The molecule has 104 valence electrons. The van der Waals surface area contributed by atoms with Gasteiger partial charge in [-0.05, 0) is 25.5 Å². The molecule has 5 nitrogen and oxygen atoms in total. The van der Waals surface area contributed by atoms with Crippen molar-refractivity contribution in [3.8, 4) is 0 Å². The monoisotopic (exact) mass is 271 g/mol. The van der Waals surface area contributed by atoms with Gasteiger partial charge in [-0.2, -0.15) is 4.98 Å². The predicted molar refractivity (Wildman–Crippen MR) is 75.2 cm³/mol. The zero-order valence-electron chi connectivity index (χ0n) is 11.8. The van der Waals surface area contributed by atoms with Crippen LogP contribution in [0.5, 0.6) is 0 Å². The maximum absolute atomic E-state index is 5.93. The lowest BCUT2D eigenvalue weighted by molar-refractivity contribution is 0.381. The van der Waals surface area contributed by atoms with Gasteiger partial charge in [0.25, 0.3) is 0 Å². The highest BCUT2D eigenvalue weighted by atomic mass is 16.5. The molecule has 0 unspecified atom stereocenters. The normalized spacial score (nSPS) is 12.9. The summed E-state index contributed by atoms with van der Waals surface area (Å²) in [5.41, 5.74) is 2.09. The van der Waals surface area contributed by atoms with Crippen LogP contribution in [-0.2, 0) is 6.54 Å². The summed E-state index contributed by atoms with van der Waals surface area (Å²) >= 11 is 0. The van der Waals surface area contributed by atoms with Crippen LogP contribution < -0.4 is 5.32 Å². The summed E-state index contributed by atoms with van der Waals surface area (Å²) in [6.45, 7) is 6.48. The quantitative estimate of drug-likeness (QED) is 0.788. The first-order chi connectivity index (χ1) is 9.65. The Morgan fingerprint density at radius 2 is 2.05 bits per heavy atom. The molecule has 5 heteroatoms. The third kappa shape index (κ3) is 2.32. The molecule has 0 saturated carbocycles. The van der Waals surface area contributed by atoms with Gasteiger partial charge in [0.15, 0.2) is 5.82 Å². The Morgan fingerprint density at radius 1 is 1.25 bits per heavy atom. The van der Waals surface area contributed by atoms with Gasteiger partial charge in [0, 0.05) is 12.3 Å². The van der Waals surface area contributed by atoms with Gasteiger partial charge >= 0.3 is 0 Å². The zero-order valence-corrected chi connectivity index (χ0v) is 11.8. The molecule has 0 amide bonds. The maximum atomic E-state index is 5.93. The summed E-state index contributed by atoms with van der Waals surface area (Å²) < 4.78 is 10.9. The minimum Gasteiger partial charge on any atom is -0.459 e. The van der Waals surface area contributed by atoms with Crippen LogP contribution in [0.4, 0.5) is 0 Å². The second-order valence-corrected chi connectivity index (χ2v) is 4.92.